The molecule has 0 bridgehead atoms. The van der Waals surface area contributed by atoms with Crippen LogP contribution < -0.4 is 0 Å². The maximum absolute atomic E-state index is 6.67. The van der Waals surface area contributed by atoms with Gasteiger partial charge < -0.3 is 4.57 Å². The lowest BCUT2D eigenvalue weighted by molar-refractivity contribution is 0.730. The number of rotatable bonds is 2. The Morgan fingerprint density at radius 2 is 1.39 bits per heavy atom. The normalized spacial score (nSPS) is 12.1. The third kappa shape index (κ3) is 2.81. The quantitative estimate of drug-likeness (QED) is 0.323. The van der Waals surface area contributed by atoms with Gasteiger partial charge in [-0.3, -0.25) is 0 Å². The summed E-state index contributed by atoms with van der Waals surface area (Å²) in [6.45, 7) is 0.551. The first-order chi connectivity index (χ1) is 15.2. The minimum Gasteiger partial charge on any atom is -0.317 e. The zero-order chi connectivity index (χ0) is 20.9. The first kappa shape index (κ1) is 18.4. The van der Waals surface area contributed by atoms with E-state index in [-0.39, 0.29) is 0 Å². The molecule has 2 aromatic heterocycles. The monoisotopic (exact) mass is 443 g/mol. The van der Waals surface area contributed by atoms with Crippen LogP contribution in [0.5, 0.6) is 0 Å². The zero-order valence-electron chi connectivity index (χ0n) is 16.2. The van der Waals surface area contributed by atoms with Crippen molar-refractivity contribution >= 4 is 23.2 Å². The van der Waals surface area contributed by atoms with E-state index in [0.29, 0.717) is 16.6 Å². The van der Waals surface area contributed by atoms with Gasteiger partial charge in [-0.05, 0) is 24.3 Å². The third-order valence-corrected chi connectivity index (χ3v) is 6.20. The van der Waals surface area contributed by atoms with Crippen molar-refractivity contribution in [1.82, 2.24) is 24.5 Å². The van der Waals surface area contributed by atoms with Crippen molar-refractivity contribution in [2.45, 2.75) is 6.54 Å². The first-order valence-corrected chi connectivity index (χ1v) is 10.6. The average molecular weight is 444 g/mol. The summed E-state index contributed by atoms with van der Waals surface area (Å²) in [6, 6.07) is 23.6. The SMILES string of the molecule is Clc1ccccc1-c1nc2n(c1-c1ccccc1Cl)Cc1cnnn1-c1ccccc1-2. The molecule has 0 atom stereocenters. The molecule has 7 heteroatoms. The molecule has 0 N–H and O–H groups in total. The van der Waals surface area contributed by atoms with E-state index < -0.39 is 0 Å². The Labute approximate surface area is 188 Å². The lowest BCUT2D eigenvalue weighted by atomic mass is 10.0. The smallest absolute Gasteiger partial charge is 0.143 e. The summed E-state index contributed by atoms with van der Waals surface area (Å²) >= 11 is 13.3. The second kappa shape index (κ2) is 7.08. The van der Waals surface area contributed by atoms with E-state index in [1.54, 1.807) is 6.20 Å². The number of para-hydroxylation sites is 1. The summed E-state index contributed by atoms with van der Waals surface area (Å²) in [5.41, 5.74) is 6.35. The highest BCUT2D eigenvalue weighted by Gasteiger charge is 2.28. The van der Waals surface area contributed by atoms with Gasteiger partial charge in [-0.15, -0.1) is 5.10 Å². The summed E-state index contributed by atoms with van der Waals surface area (Å²) < 4.78 is 4.05. The van der Waals surface area contributed by atoms with Crippen molar-refractivity contribution in [2.24, 2.45) is 0 Å². The van der Waals surface area contributed by atoms with E-state index in [4.69, 9.17) is 28.2 Å². The number of halogens is 2. The summed E-state index contributed by atoms with van der Waals surface area (Å²) in [5.74, 6) is 0.839. The highest BCUT2D eigenvalue weighted by Crippen LogP contribution is 2.43. The number of hydrogen-bond acceptors (Lipinski definition) is 3. The van der Waals surface area contributed by atoms with Gasteiger partial charge in [-0.25, -0.2) is 9.67 Å². The minimum atomic E-state index is 0.551. The molecule has 3 aromatic carbocycles. The van der Waals surface area contributed by atoms with Gasteiger partial charge in [0.25, 0.3) is 0 Å². The van der Waals surface area contributed by atoms with E-state index in [9.17, 15) is 0 Å². The van der Waals surface area contributed by atoms with Gasteiger partial charge in [0.15, 0.2) is 0 Å². The Morgan fingerprint density at radius 3 is 2.13 bits per heavy atom. The molecule has 31 heavy (non-hydrogen) atoms. The van der Waals surface area contributed by atoms with Crippen molar-refractivity contribution in [3.05, 3.63) is 94.7 Å². The standard InChI is InChI=1S/C24H15Cl2N5/c25-19-10-4-1-7-16(19)22-23(17-8-2-5-11-20(17)26)30-14-15-13-27-29-31(15)21-12-6-3-9-18(21)24(30)28-22/h1-13H,14H2. The Bertz CT molecular complexity index is 1450. The second-order valence-electron chi connectivity index (χ2n) is 7.33. The number of benzene rings is 3. The molecular formula is C24H15Cl2N5. The van der Waals surface area contributed by atoms with Crippen LogP contribution >= 0.6 is 23.2 Å². The largest absolute Gasteiger partial charge is 0.317 e. The molecule has 6 rings (SSSR count). The predicted molar refractivity (Wildman–Crippen MR) is 123 cm³/mol. The zero-order valence-corrected chi connectivity index (χ0v) is 17.7. The molecule has 0 unspecified atom stereocenters. The van der Waals surface area contributed by atoms with Gasteiger partial charge in [-0.1, -0.05) is 76.9 Å². The maximum atomic E-state index is 6.67. The van der Waals surface area contributed by atoms with Gasteiger partial charge in [0.1, 0.15) is 5.82 Å². The molecular weight excluding hydrogens is 429 g/mol. The Morgan fingerprint density at radius 1 is 0.742 bits per heavy atom. The molecule has 0 fully saturated rings. The highest BCUT2D eigenvalue weighted by molar-refractivity contribution is 6.34. The van der Waals surface area contributed by atoms with Crippen LogP contribution in [0.3, 0.4) is 0 Å². The van der Waals surface area contributed by atoms with Gasteiger partial charge in [0.2, 0.25) is 0 Å². The number of imidazole rings is 1. The molecule has 0 amide bonds. The lowest BCUT2D eigenvalue weighted by Gasteiger charge is -2.13. The fourth-order valence-corrected chi connectivity index (χ4v) is 4.61. The fourth-order valence-electron chi connectivity index (χ4n) is 4.16. The molecule has 0 saturated carbocycles. The average Bonchev–Trinajstić information content (AvgIpc) is 3.37. The van der Waals surface area contributed by atoms with Crippen LogP contribution in [0, 0.1) is 0 Å². The summed E-state index contributed by atoms with van der Waals surface area (Å²) in [5, 5.41) is 9.76. The number of fused-ring (bicyclic) bond motifs is 5. The Hall–Kier alpha value is -3.41. The van der Waals surface area contributed by atoms with E-state index in [1.165, 1.54) is 0 Å². The highest BCUT2D eigenvalue weighted by atomic mass is 35.5. The first-order valence-electron chi connectivity index (χ1n) is 9.82. The molecule has 0 saturated heterocycles. The maximum Gasteiger partial charge on any atom is 0.143 e. The molecule has 1 aliphatic heterocycles. The van der Waals surface area contributed by atoms with E-state index in [0.717, 1.165) is 45.3 Å². The number of nitrogens with zero attached hydrogens (tertiary/aromatic N) is 5. The molecule has 0 spiro atoms. The van der Waals surface area contributed by atoms with Crippen molar-refractivity contribution < 1.29 is 0 Å². The Kier molecular flexibility index (Phi) is 4.19. The van der Waals surface area contributed by atoms with Crippen LogP contribution in [0.15, 0.2) is 79.0 Å². The van der Waals surface area contributed by atoms with Crippen LogP contribution in [-0.2, 0) is 6.54 Å². The molecule has 0 radical (unpaired) electrons. The van der Waals surface area contributed by atoms with Crippen molar-refractivity contribution in [1.29, 1.82) is 0 Å². The van der Waals surface area contributed by atoms with Crippen molar-refractivity contribution in [3.8, 4) is 39.6 Å². The van der Waals surface area contributed by atoms with Crippen LogP contribution in [0.2, 0.25) is 10.0 Å². The molecule has 5 nitrogen and oxygen atoms in total. The summed E-state index contributed by atoms with van der Waals surface area (Å²) in [4.78, 5) is 5.12. The number of aromatic nitrogens is 5. The topological polar surface area (TPSA) is 48.5 Å². The minimum absolute atomic E-state index is 0.551. The number of hydrogen-bond donors (Lipinski definition) is 0. The van der Waals surface area contributed by atoms with Gasteiger partial charge in [-0.2, -0.15) is 0 Å². The third-order valence-electron chi connectivity index (χ3n) is 5.54. The van der Waals surface area contributed by atoms with Crippen LogP contribution in [0.25, 0.3) is 39.6 Å². The Balaban J connectivity index is 1.75. The van der Waals surface area contributed by atoms with Crippen LogP contribution in [0.4, 0.5) is 0 Å². The van der Waals surface area contributed by atoms with E-state index in [2.05, 4.69) is 20.9 Å². The molecule has 150 valence electrons. The van der Waals surface area contributed by atoms with Crippen LogP contribution in [-0.4, -0.2) is 24.5 Å². The predicted octanol–water partition coefficient (Wildman–Crippen LogP) is 6.13. The van der Waals surface area contributed by atoms with Gasteiger partial charge in [0, 0.05) is 21.7 Å². The molecule has 0 aliphatic carbocycles. The molecule has 5 aromatic rings. The summed E-state index contributed by atoms with van der Waals surface area (Å²) in [7, 11) is 0. The lowest BCUT2D eigenvalue weighted by Crippen LogP contribution is -2.05. The molecule has 1 aliphatic rings. The van der Waals surface area contributed by atoms with Gasteiger partial charge in [0.05, 0.1) is 40.5 Å². The van der Waals surface area contributed by atoms with Crippen molar-refractivity contribution in [2.75, 3.05) is 0 Å². The van der Waals surface area contributed by atoms with E-state index in [1.807, 2.05) is 71.4 Å². The van der Waals surface area contributed by atoms with E-state index >= 15 is 0 Å². The second-order valence-corrected chi connectivity index (χ2v) is 8.15. The molecule has 3 heterocycles. The van der Waals surface area contributed by atoms with Gasteiger partial charge >= 0.3 is 0 Å². The summed E-state index contributed by atoms with van der Waals surface area (Å²) in [6.07, 6.45) is 1.79. The van der Waals surface area contributed by atoms with Crippen LogP contribution in [0.1, 0.15) is 5.69 Å². The fraction of sp³-hybridized carbons (Fsp3) is 0.0417. The van der Waals surface area contributed by atoms with Crippen molar-refractivity contribution in [3.63, 3.8) is 0 Å².